The number of pyridine rings is 1. The smallest absolute Gasteiger partial charge is 0.253 e. The molecule has 1 aromatic rings. The summed E-state index contributed by atoms with van der Waals surface area (Å²) in [7, 11) is 0. The Bertz CT molecular complexity index is 482. The highest BCUT2D eigenvalue weighted by molar-refractivity contribution is 5.95. The van der Waals surface area contributed by atoms with Gasteiger partial charge < -0.3 is 15.3 Å². The molecule has 0 atom stereocenters. The van der Waals surface area contributed by atoms with E-state index in [1.54, 1.807) is 0 Å². The summed E-state index contributed by atoms with van der Waals surface area (Å²) < 4.78 is 0. The van der Waals surface area contributed by atoms with E-state index in [1.807, 2.05) is 26.0 Å². The molecule has 5 heteroatoms. The molecule has 2 rings (SSSR count). The topological polar surface area (TPSA) is 65.5 Å². The molecule has 1 fully saturated rings. The molecule has 5 nitrogen and oxygen atoms in total. The summed E-state index contributed by atoms with van der Waals surface area (Å²) in [6.45, 7) is 7.33. The molecule has 0 radical (unpaired) electrons. The number of piperidine rings is 1. The summed E-state index contributed by atoms with van der Waals surface area (Å²) in [6.07, 6.45) is 2.53. The summed E-state index contributed by atoms with van der Waals surface area (Å²) >= 11 is 0. The van der Waals surface area contributed by atoms with Gasteiger partial charge >= 0.3 is 0 Å². The van der Waals surface area contributed by atoms with Crippen molar-refractivity contribution in [3.05, 3.63) is 29.1 Å². The number of hydrogen-bond donors (Lipinski definition) is 2. The molecular weight excluding hydrogens is 266 g/mol. The molecule has 1 amide bonds. The highest BCUT2D eigenvalue weighted by Gasteiger charge is 2.16. The van der Waals surface area contributed by atoms with E-state index < -0.39 is 0 Å². The fourth-order valence-electron chi connectivity index (χ4n) is 2.67. The number of likely N-dealkylation sites (tertiary alicyclic amines) is 1. The van der Waals surface area contributed by atoms with Gasteiger partial charge in [0, 0.05) is 25.3 Å². The number of nitrogens with one attached hydrogen (secondary N) is 1. The lowest BCUT2D eigenvalue weighted by Crippen LogP contribution is -2.37. The summed E-state index contributed by atoms with van der Waals surface area (Å²) in [4.78, 5) is 18.7. The van der Waals surface area contributed by atoms with E-state index in [0.29, 0.717) is 12.1 Å². The maximum atomic E-state index is 12.1. The first-order valence-corrected chi connectivity index (χ1v) is 7.69. The molecule has 116 valence electrons. The van der Waals surface area contributed by atoms with Crippen LogP contribution in [0.1, 0.15) is 41.0 Å². The second-order valence-corrected chi connectivity index (χ2v) is 5.77. The van der Waals surface area contributed by atoms with E-state index in [-0.39, 0.29) is 12.0 Å². The number of rotatable bonds is 5. The van der Waals surface area contributed by atoms with Crippen LogP contribution in [0, 0.1) is 13.8 Å². The van der Waals surface area contributed by atoms with Gasteiger partial charge in [-0.1, -0.05) is 0 Å². The fourth-order valence-corrected chi connectivity index (χ4v) is 2.67. The van der Waals surface area contributed by atoms with Crippen molar-refractivity contribution in [2.45, 2.75) is 39.2 Å². The number of carbonyl (C=O) groups excluding carboxylic acids is 1. The lowest BCUT2D eigenvalue weighted by Gasteiger charge is -2.29. The van der Waals surface area contributed by atoms with Gasteiger partial charge in [-0.3, -0.25) is 9.78 Å². The highest BCUT2D eigenvalue weighted by Crippen LogP contribution is 2.10. The predicted octanol–water partition coefficient (Wildman–Crippen LogP) is 1.28. The number of carbonyl (C=O) groups is 1. The van der Waals surface area contributed by atoms with Crippen molar-refractivity contribution in [1.82, 2.24) is 15.2 Å². The van der Waals surface area contributed by atoms with Crippen LogP contribution < -0.4 is 5.32 Å². The Hall–Kier alpha value is -1.46. The molecule has 1 aromatic heterocycles. The Kier molecular flexibility index (Phi) is 5.70. The molecule has 21 heavy (non-hydrogen) atoms. The average molecular weight is 291 g/mol. The molecular formula is C16H25N3O2. The van der Waals surface area contributed by atoms with Gasteiger partial charge in [0.25, 0.3) is 5.91 Å². The summed E-state index contributed by atoms with van der Waals surface area (Å²) in [5, 5.41) is 12.4. The zero-order chi connectivity index (χ0) is 15.2. The van der Waals surface area contributed by atoms with Gasteiger partial charge in [0.1, 0.15) is 0 Å². The summed E-state index contributed by atoms with van der Waals surface area (Å²) in [5.41, 5.74) is 2.36. The van der Waals surface area contributed by atoms with E-state index in [9.17, 15) is 9.90 Å². The molecule has 0 aromatic carbocycles. The predicted molar refractivity (Wildman–Crippen MR) is 82.3 cm³/mol. The van der Waals surface area contributed by atoms with Gasteiger partial charge in [0.2, 0.25) is 0 Å². The second kappa shape index (κ2) is 7.52. The molecule has 0 spiro atoms. The maximum Gasteiger partial charge on any atom is 0.253 e. The first kappa shape index (κ1) is 15.9. The molecule has 1 saturated heterocycles. The van der Waals surface area contributed by atoms with E-state index in [2.05, 4.69) is 15.2 Å². The minimum Gasteiger partial charge on any atom is -0.393 e. The second-order valence-electron chi connectivity index (χ2n) is 5.77. The third-order valence-electron chi connectivity index (χ3n) is 3.96. The molecule has 1 aliphatic rings. The van der Waals surface area contributed by atoms with Crippen LogP contribution >= 0.6 is 0 Å². The SMILES string of the molecule is Cc1ccc(C(=O)NCCCN2CCC(O)CC2)c(C)n1. The van der Waals surface area contributed by atoms with Crippen LogP contribution in [0.25, 0.3) is 0 Å². The van der Waals surface area contributed by atoms with E-state index in [4.69, 9.17) is 0 Å². The van der Waals surface area contributed by atoms with Crippen LogP contribution in [0.3, 0.4) is 0 Å². The number of aliphatic hydroxyl groups is 1. The van der Waals surface area contributed by atoms with E-state index in [1.165, 1.54) is 0 Å². The maximum absolute atomic E-state index is 12.1. The molecule has 2 N–H and O–H groups in total. The zero-order valence-corrected chi connectivity index (χ0v) is 12.9. The van der Waals surface area contributed by atoms with Crippen LogP contribution in [0.2, 0.25) is 0 Å². The van der Waals surface area contributed by atoms with Gasteiger partial charge in [-0.25, -0.2) is 0 Å². The van der Waals surface area contributed by atoms with Crippen LogP contribution in [-0.2, 0) is 0 Å². The number of hydrogen-bond acceptors (Lipinski definition) is 4. The van der Waals surface area contributed by atoms with Gasteiger partial charge in [0.05, 0.1) is 17.4 Å². The quantitative estimate of drug-likeness (QED) is 0.802. The van der Waals surface area contributed by atoms with Crippen molar-refractivity contribution in [1.29, 1.82) is 0 Å². The Morgan fingerprint density at radius 2 is 2.10 bits per heavy atom. The monoisotopic (exact) mass is 291 g/mol. The third-order valence-corrected chi connectivity index (χ3v) is 3.96. The van der Waals surface area contributed by atoms with Gasteiger partial charge in [-0.2, -0.15) is 0 Å². The number of nitrogens with zero attached hydrogens (tertiary/aromatic N) is 2. The highest BCUT2D eigenvalue weighted by atomic mass is 16.3. The van der Waals surface area contributed by atoms with Crippen LogP contribution in [0.4, 0.5) is 0 Å². The van der Waals surface area contributed by atoms with Crippen molar-refractivity contribution in [3.63, 3.8) is 0 Å². The van der Waals surface area contributed by atoms with Crippen LogP contribution in [-0.4, -0.2) is 53.2 Å². The van der Waals surface area contributed by atoms with E-state index in [0.717, 1.165) is 50.3 Å². The lowest BCUT2D eigenvalue weighted by molar-refractivity contribution is 0.0816. The zero-order valence-electron chi connectivity index (χ0n) is 12.9. The van der Waals surface area contributed by atoms with Crippen molar-refractivity contribution in [2.75, 3.05) is 26.2 Å². The van der Waals surface area contributed by atoms with Crippen molar-refractivity contribution in [3.8, 4) is 0 Å². The van der Waals surface area contributed by atoms with Crippen molar-refractivity contribution < 1.29 is 9.90 Å². The molecule has 0 aliphatic carbocycles. The number of aromatic nitrogens is 1. The van der Waals surface area contributed by atoms with Gasteiger partial charge in [-0.05, 0) is 51.8 Å². The molecule has 2 heterocycles. The number of amides is 1. The molecule has 0 saturated carbocycles. The molecule has 0 unspecified atom stereocenters. The Balaban J connectivity index is 1.69. The lowest BCUT2D eigenvalue weighted by atomic mass is 10.1. The first-order valence-electron chi connectivity index (χ1n) is 7.69. The van der Waals surface area contributed by atoms with Gasteiger partial charge in [-0.15, -0.1) is 0 Å². The molecule has 0 bridgehead atoms. The summed E-state index contributed by atoms with van der Waals surface area (Å²) in [6, 6.07) is 3.69. The third kappa shape index (κ3) is 4.79. The van der Waals surface area contributed by atoms with E-state index >= 15 is 0 Å². The fraction of sp³-hybridized carbons (Fsp3) is 0.625. The average Bonchev–Trinajstić information content (AvgIpc) is 2.45. The van der Waals surface area contributed by atoms with Crippen LogP contribution in [0.15, 0.2) is 12.1 Å². The largest absolute Gasteiger partial charge is 0.393 e. The summed E-state index contributed by atoms with van der Waals surface area (Å²) in [5.74, 6) is -0.0472. The Morgan fingerprint density at radius 3 is 2.76 bits per heavy atom. The number of aryl methyl sites for hydroxylation is 2. The Labute approximate surface area is 126 Å². The van der Waals surface area contributed by atoms with Gasteiger partial charge in [0.15, 0.2) is 0 Å². The first-order chi connectivity index (χ1) is 10.1. The minimum absolute atomic E-state index is 0.0472. The standard InChI is InChI=1S/C16H25N3O2/c1-12-4-5-15(13(2)18-12)16(21)17-8-3-9-19-10-6-14(20)7-11-19/h4-5,14,20H,3,6-11H2,1-2H3,(H,17,21). The normalized spacial score (nSPS) is 16.9. The molecule has 1 aliphatic heterocycles. The Morgan fingerprint density at radius 1 is 1.38 bits per heavy atom. The van der Waals surface area contributed by atoms with Crippen LogP contribution in [0.5, 0.6) is 0 Å². The minimum atomic E-state index is -0.127. The number of aliphatic hydroxyl groups excluding tert-OH is 1. The van der Waals surface area contributed by atoms with Crippen molar-refractivity contribution in [2.24, 2.45) is 0 Å². The van der Waals surface area contributed by atoms with Crippen molar-refractivity contribution >= 4 is 5.91 Å².